The van der Waals surface area contributed by atoms with Crippen LogP contribution in [0.5, 0.6) is 11.5 Å². The molecule has 6 nitrogen and oxygen atoms in total. The van der Waals surface area contributed by atoms with E-state index in [1.807, 2.05) is 6.07 Å². The van der Waals surface area contributed by atoms with Gasteiger partial charge in [-0.15, -0.1) is 0 Å². The molecule has 0 atom stereocenters. The highest BCUT2D eigenvalue weighted by Gasteiger charge is 2.16. The molecule has 0 fully saturated rings. The van der Waals surface area contributed by atoms with E-state index in [0.717, 1.165) is 17.7 Å². The van der Waals surface area contributed by atoms with Crippen LogP contribution < -0.4 is 9.47 Å². The molecule has 2 aromatic carbocycles. The average Bonchev–Trinajstić information content (AvgIpc) is 2.99. The summed E-state index contributed by atoms with van der Waals surface area (Å²) in [5.74, 6) is 1.12. The van der Waals surface area contributed by atoms with Crippen LogP contribution in [-0.2, 0) is 6.42 Å². The molecule has 1 aliphatic rings. The maximum Gasteiger partial charge on any atom is 0.272 e. The highest BCUT2D eigenvalue weighted by molar-refractivity contribution is 5.97. The van der Waals surface area contributed by atoms with Crippen LogP contribution in [0.1, 0.15) is 21.5 Å². The van der Waals surface area contributed by atoms with Crippen molar-refractivity contribution in [3.05, 3.63) is 63.2 Å². The molecule has 0 N–H and O–H groups in total. The van der Waals surface area contributed by atoms with E-state index in [0.29, 0.717) is 23.5 Å². The van der Waals surface area contributed by atoms with Crippen molar-refractivity contribution < 1.29 is 19.2 Å². The quantitative estimate of drug-likeness (QED) is 0.481. The number of hydrogen-bond acceptors (Lipinski definition) is 5. The third kappa shape index (κ3) is 3.15. The van der Waals surface area contributed by atoms with Crippen LogP contribution in [-0.4, -0.2) is 23.9 Å². The highest BCUT2D eigenvalue weighted by atomic mass is 16.6. The highest BCUT2D eigenvalue weighted by Crippen LogP contribution is 2.26. The first-order valence-electron chi connectivity index (χ1n) is 7.21. The summed E-state index contributed by atoms with van der Waals surface area (Å²) in [5, 5.41) is 10.8. The minimum atomic E-state index is -0.448. The molecule has 0 radical (unpaired) electrons. The van der Waals surface area contributed by atoms with E-state index >= 15 is 0 Å². The molecule has 0 aromatic heterocycles. The number of aryl methyl sites for hydroxylation is 1. The van der Waals surface area contributed by atoms with Crippen molar-refractivity contribution in [3.63, 3.8) is 0 Å². The molecule has 0 amide bonds. The Morgan fingerprint density at radius 3 is 2.87 bits per heavy atom. The number of ether oxygens (including phenoxy) is 2. The van der Waals surface area contributed by atoms with Gasteiger partial charge in [0.2, 0.25) is 0 Å². The third-order valence-corrected chi connectivity index (χ3v) is 3.75. The van der Waals surface area contributed by atoms with Crippen molar-refractivity contribution >= 4 is 11.5 Å². The summed E-state index contributed by atoms with van der Waals surface area (Å²) in [5.41, 5.74) is 2.13. The summed E-state index contributed by atoms with van der Waals surface area (Å²) in [4.78, 5) is 22.5. The number of carbonyl (C=O) groups is 1. The molecule has 1 heterocycles. The predicted molar refractivity (Wildman–Crippen MR) is 83.3 cm³/mol. The number of fused-ring (bicyclic) bond motifs is 1. The van der Waals surface area contributed by atoms with E-state index < -0.39 is 4.92 Å². The molecule has 2 aromatic rings. The van der Waals surface area contributed by atoms with Crippen LogP contribution in [0.2, 0.25) is 0 Å². The Labute approximate surface area is 132 Å². The van der Waals surface area contributed by atoms with Gasteiger partial charge in [0.25, 0.3) is 5.69 Å². The van der Waals surface area contributed by atoms with E-state index in [2.05, 4.69) is 0 Å². The number of benzene rings is 2. The Morgan fingerprint density at radius 1 is 1.30 bits per heavy atom. The Balaban J connectivity index is 1.67. The molecule has 0 aliphatic carbocycles. The van der Waals surface area contributed by atoms with Gasteiger partial charge in [0.15, 0.2) is 12.4 Å². The van der Waals surface area contributed by atoms with E-state index in [9.17, 15) is 14.9 Å². The first-order valence-corrected chi connectivity index (χ1v) is 7.21. The lowest BCUT2D eigenvalue weighted by atomic mass is 10.1. The standard InChI is InChI=1S/C17H15NO5/c1-11-8-14(3-4-15(11)18(20)21)23-10-16(19)12-2-5-17-13(9-12)6-7-22-17/h2-5,8-9H,6-7,10H2,1H3. The molecule has 0 saturated heterocycles. The van der Waals surface area contributed by atoms with Crippen LogP contribution in [0.15, 0.2) is 36.4 Å². The molecule has 23 heavy (non-hydrogen) atoms. The van der Waals surface area contributed by atoms with Crippen molar-refractivity contribution in [1.29, 1.82) is 0 Å². The van der Waals surface area contributed by atoms with Gasteiger partial charge in [-0.3, -0.25) is 14.9 Å². The largest absolute Gasteiger partial charge is 0.493 e. The van der Waals surface area contributed by atoms with Crippen molar-refractivity contribution in [2.45, 2.75) is 13.3 Å². The zero-order valence-electron chi connectivity index (χ0n) is 12.6. The summed E-state index contributed by atoms with van der Waals surface area (Å²) < 4.78 is 10.9. The third-order valence-electron chi connectivity index (χ3n) is 3.75. The Kier molecular flexibility index (Phi) is 3.97. The maximum absolute atomic E-state index is 12.2. The van der Waals surface area contributed by atoms with Gasteiger partial charge >= 0.3 is 0 Å². The van der Waals surface area contributed by atoms with Gasteiger partial charge in [0.1, 0.15) is 11.5 Å². The zero-order chi connectivity index (χ0) is 16.4. The van der Waals surface area contributed by atoms with Gasteiger partial charge in [-0.25, -0.2) is 0 Å². The summed E-state index contributed by atoms with van der Waals surface area (Å²) in [6.45, 7) is 2.16. The number of nitrogens with zero attached hydrogens (tertiary/aromatic N) is 1. The fourth-order valence-electron chi connectivity index (χ4n) is 2.51. The molecule has 0 bridgehead atoms. The molecule has 0 unspecified atom stereocenters. The van der Waals surface area contributed by atoms with Crippen LogP contribution >= 0.6 is 0 Å². The lowest BCUT2D eigenvalue weighted by Gasteiger charge is -2.07. The smallest absolute Gasteiger partial charge is 0.272 e. The second kappa shape index (κ2) is 6.08. The number of rotatable bonds is 5. The van der Waals surface area contributed by atoms with Crippen molar-refractivity contribution in [2.75, 3.05) is 13.2 Å². The fraction of sp³-hybridized carbons (Fsp3) is 0.235. The van der Waals surface area contributed by atoms with E-state index in [1.165, 1.54) is 12.1 Å². The number of nitro groups is 1. The van der Waals surface area contributed by atoms with Crippen LogP contribution in [0.3, 0.4) is 0 Å². The second-order valence-corrected chi connectivity index (χ2v) is 5.34. The molecule has 3 rings (SSSR count). The van der Waals surface area contributed by atoms with Gasteiger partial charge in [-0.2, -0.15) is 0 Å². The van der Waals surface area contributed by atoms with Crippen LogP contribution in [0.25, 0.3) is 0 Å². The van der Waals surface area contributed by atoms with E-state index in [1.54, 1.807) is 25.1 Å². The minimum Gasteiger partial charge on any atom is -0.493 e. The van der Waals surface area contributed by atoms with E-state index in [4.69, 9.17) is 9.47 Å². The normalized spacial score (nSPS) is 12.4. The molecule has 1 aliphatic heterocycles. The summed E-state index contributed by atoms with van der Waals surface area (Å²) in [6, 6.07) is 9.77. The molecular formula is C17H15NO5. The SMILES string of the molecule is Cc1cc(OCC(=O)c2ccc3c(c2)CCO3)ccc1[N+](=O)[O-]. The fourth-order valence-corrected chi connectivity index (χ4v) is 2.51. The zero-order valence-corrected chi connectivity index (χ0v) is 12.6. The Morgan fingerprint density at radius 2 is 2.13 bits per heavy atom. The Bertz CT molecular complexity index is 785. The molecule has 0 saturated carbocycles. The first-order chi connectivity index (χ1) is 11.0. The van der Waals surface area contributed by atoms with Gasteiger partial charge < -0.3 is 9.47 Å². The van der Waals surface area contributed by atoms with Crippen molar-refractivity contribution in [2.24, 2.45) is 0 Å². The second-order valence-electron chi connectivity index (χ2n) is 5.34. The topological polar surface area (TPSA) is 78.7 Å². The number of hydrogen-bond donors (Lipinski definition) is 0. The molecule has 0 spiro atoms. The monoisotopic (exact) mass is 313 g/mol. The Hall–Kier alpha value is -2.89. The van der Waals surface area contributed by atoms with Crippen LogP contribution in [0, 0.1) is 17.0 Å². The maximum atomic E-state index is 12.2. The van der Waals surface area contributed by atoms with Gasteiger partial charge in [0, 0.05) is 23.6 Å². The average molecular weight is 313 g/mol. The summed E-state index contributed by atoms with van der Waals surface area (Å²) in [6.07, 6.45) is 0.804. The van der Waals surface area contributed by atoms with E-state index in [-0.39, 0.29) is 18.1 Å². The van der Waals surface area contributed by atoms with Gasteiger partial charge in [-0.05, 0) is 42.8 Å². The molecule has 118 valence electrons. The number of Topliss-reactive ketones (excluding diaryl/α,β-unsaturated/α-hetero) is 1. The molecular weight excluding hydrogens is 298 g/mol. The lowest BCUT2D eigenvalue weighted by Crippen LogP contribution is -2.12. The number of nitro benzene ring substituents is 1. The van der Waals surface area contributed by atoms with Crippen molar-refractivity contribution in [3.8, 4) is 11.5 Å². The summed E-state index contributed by atoms with van der Waals surface area (Å²) in [7, 11) is 0. The van der Waals surface area contributed by atoms with Crippen molar-refractivity contribution in [1.82, 2.24) is 0 Å². The van der Waals surface area contributed by atoms with Gasteiger partial charge in [-0.1, -0.05) is 0 Å². The van der Waals surface area contributed by atoms with Gasteiger partial charge in [0.05, 0.1) is 11.5 Å². The lowest BCUT2D eigenvalue weighted by molar-refractivity contribution is -0.385. The summed E-state index contributed by atoms with van der Waals surface area (Å²) >= 11 is 0. The molecule has 6 heteroatoms. The minimum absolute atomic E-state index is 0.0299. The number of carbonyl (C=O) groups excluding carboxylic acids is 1. The number of ketones is 1. The predicted octanol–water partition coefficient (Wildman–Crippen LogP) is 3.10. The van der Waals surface area contributed by atoms with Crippen LogP contribution in [0.4, 0.5) is 5.69 Å². The first kappa shape index (κ1) is 15.0.